The van der Waals surface area contributed by atoms with Crippen molar-refractivity contribution in [3.8, 4) is 0 Å². The first-order chi connectivity index (χ1) is 12.5. The van der Waals surface area contributed by atoms with Crippen LogP contribution in [-0.2, 0) is 13.0 Å². The van der Waals surface area contributed by atoms with Crippen LogP contribution in [-0.4, -0.2) is 15.5 Å². The Kier molecular flexibility index (Phi) is 5.22. The zero-order valence-corrected chi connectivity index (χ0v) is 14.3. The fraction of sp³-hybridized carbons (Fsp3) is 0.150. The van der Waals surface area contributed by atoms with Crippen LogP contribution in [0.5, 0.6) is 0 Å². The molecular weight excluding hydrogens is 333 g/mol. The third kappa shape index (κ3) is 4.22. The Balaban J connectivity index is 1.68. The second-order valence-electron chi connectivity index (χ2n) is 5.85. The van der Waals surface area contributed by atoms with Crippen molar-refractivity contribution in [2.24, 2.45) is 0 Å². The van der Waals surface area contributed by atoms with E-state index in [-0.39, 0.29) is 17.3 Å². The van der Waals surface area contributed by atoms with E-state index in [9.17, 15) is 14.0 Å². The van der Waals surface area contributed by atoms with Crippen LogP contribution in [0.15, 0.2) is 65.7 Å². The summed E-state index contributed by atoms with van der Waals surface area (Å²) in [6.07, 6.45) is 3.83. The first-order valence-corrected chi connectivity index (χ1v) is 8.26. The normalized spacial score (nSPS) is 10.5. The number of halogens is 1. The summed E-state index contributed by atoms with van der Waals surface area (Å²) in [4.78, 5) is 28.1. The van der Waals surface area contributed by atoms with Gasteiger partial charge in [0.05, 0.1) is 5.56 Å². The summed E-state index contributed by atoms with van der Waals surface area (Å²) in [5.41, 5.74) is 2.18. The number of aromatic nitrogens is 2. The maximum Gasteiger partial charge on any atom is 0.258 e. The molecule has 26 heavy (non-hydrogen) atoms. The number of carbonyl (C=O) groups excluding carboxylic acids is 1. The molecule has 0 saturated carbocycles. The molecule has 5 nitrogen and oxygen atoms in total. The number of amides is 1. The lowest BCUT2D eigenvalue weighted by Crippen LogP contribution is -2.21. The molecule has 2 aromatic heterocycles. The molecule has 1 aromatic carbocycles. The van der Waals surface area contributed by atoms with Crippen LogP contribution >= 0.6 is 0 Å². The monoisotopic (exact) mass is 351 g/mol. The molecule has 0 aliphatic rings. The quantitative estimate of drug-likeness (QED) is 0.767. The lowest BCUT2D eigenvalue weighted by atomic mass is 10.1. The molecule has 6 heteroatoms. The smallest absolute Gasteiger partial charge is 0.258 e. The number of rotatable bonds is 5. The predicted molar refractivity (Wildman–Crippen MR) is 97.8 cm³/mol. The van der Waals surface area contributed by atoms with Crippen molar-refractivity contribution in [1.82, 2.24) is 9.55 Å². The number of pyridine rings is 2. The number of benzene rings is 1. The van der Waals surface area contributed by atoms with Crippen LogP contribution in [0.25, 0.3) is 0 Å². The summed E-state index contributed by atoms with van der Waals surface area (Å²) < 4.78 is 14.4. The molecule has 0 aliphatic carbocycles. The van der Waals surface area contributed by atoms with Crippen molar-refractivity contribution in [3.05, 3.63) is 93.8 Å². The molecule has 0 unspecified atom stereocenters. The predicted octanol–water partition coefficient (Wildman–Crippen LogP) is 3.25. The van der Waals surface area contributed by atoms with Gasteiger partial charge < -0.3 is 9.88 Å². The molecule has 3 rings (SSSR count). The molecule has 0 atom stereocenters. The highest BCUT2D eigenvalue weighted by molar-refractivity contribution is 6.03. The van der Waals surface area contributed by atoms with Crippen LogP contribution in [0.2, 0.25) is 0 Å². The molecule has 0 bridgehead atoms. The summed E-state index contributed by atoms with van der Waals surface area (Å²) in [7, 11) is 0. The lowest BCUT2D eigenvalue weighted by Gasteiger charge is -2.08. The largest absolute Gasteiger partial charge is 0.315 e. The molecule has 0 aliphatic heterocycles. The number of hydrogen-bond acceptors (Lipinski definition) is 3. The van der Waals surface area contributed by atoms with Gasteiger partial charge in [-0.3, -0.25) is 9.59 Å². The Morgan fingerprint density at radius 2 is 1.81 bits per heavy atom. The minimum atomic E-state index is -0.328. The number of anilines is 1. The van der Waals surface area contributed by atoms with E-state index in [1.54, 1.807) is 24.4 Å². The highest BCUT2D eigenvalue weighted by atomic mass is 19.1. The Morgan fingerprint density at radius 3 is 2.46 bits per heavy atom. The summed E-state index contributed by atoms with van der Waals surface area (Å²) in [6, 6.07) is 12.7. The zero-order chi connectivity index (χ0) is 18.5. The SMILES string of the molecule is CCn1cc(C(=O)Nc2ccc(Cc3ccc(F)cc3)cn2)ccc1=O. The second-order valence-corrected chi connectivity index (χ2v) is 5.85. The molecule has 1 N–H and O–H groups in total. The van der Waals surface area contributed by atoms with Crippen molar-refractivity contribution < 1.29 is 9.18 Å². The van der Waals surface area contributed by atoms with E-state index >= 15 is 0 Å². The van der Waals surface area contributed by atoms with Gasteiger partial charge in [0.15, 0.2) is 0 Å². The molecular formula is C20H18FN3O2. The van der Waals surface area contributed by atoms with E-state index in [0.29, 0.717) is 24.3 Å². The molecule has 0 spiro atoms. The summed E-state index contributed by atoms with van der Waals surface area (Å²) in [5, 5.41) is 2.71. The second kappa shape index (κ2) is 7.74. The topological polar surface area (TPSA) is 64.0 Å². The van der Waals surface area contributed by atoms with E-state index in [2.05, 4.69) is 10.3 Å². The average Bonchev–Trinajstić information content (AvgIpc) is 2.65. The van der Waals surface area contributed by atoms with Crippen molar-refractivity contribution >= 4 is 11.7 Å². The van der Waals surface area contributed by atoms with Crippen molar-refractivity contribution in [3.63, 3.8) is 0 Å². The summed E-state index contributed by atoms with van der Waals surface area (Å²) in [6.45, 7) is 2.33. The molecule has 0 fully saturated rings. The number of nitrogens with one attached hydrogen (secondary N) is 1. The fourth-order valence-electron chi connectivity index (χ4n) is 2.54. The standard InChI is InChI=1S/C20H18FN3O2/c1-2-24-13-16(6-10-19(24)25)20(26)23-18-9-5-15(12-22-18)11-14-3-7-17(21)8-4-14/h3-10,12-13H,2,11H2,1H3,(H,22,23,26). The van der Waals surface area contributed by atoms with E-state index < -0.39 is 0 Å². The van der Waals surface area contributed by atoms with Gasteiger partial charge in [-0.15, -0.1) is 0 Å². The fourth-order valence-corrected chi connectivity index (χ4v) is 2.54. The van der Waals surface area contributed by atoms with Gasteiger partial charge in [0.25, 0.3) is 11.5 Å². The maximum atomic E-state index is 12.9. The number of aryl methyl sites for hydroxylation is 1. The van der Waals surface area contributed by atoms with Crippen LogP contribution in [0, 0.1) is 5.82 Å². The van der Waals surface area contributed by atoms with Crippen LogP contribution in [0.4, 0.5) is 10.2 Å². The molecule has 132 valence electrons. The van der Waals surface area contributed by atoms with E-state index in [4.69, 9.17) is 0 Å². The zero-order valence-electron chi connectivity index (χ0n) is 14.3. The van der Waals surface area contributed by atoms with Crippen LogP contribution in [0.3, 0.4) is 0 Å². The van der Waals surface area contributed by atoms with Gasteiger partial charge in [0, 0.05) is 25.0 Å². The minimum absolute atomic E-state index is 0.146. The van der Waals surface area contributed by atoms with Crippen molar-refractivity contribution in [2.45, 2.75) is 19.9 Å². The Hall–Kier alpha value is -3.28. The lowest BCUT2D eigenvalue weighted by molar-refractivity contribution is 0.102. The van der Waals surface area contributed by atoms with Gasteiger partial charge >= 0.3 is 0 Å². The van der Waals surface area contributed by atoms with Gasteiger partial charge in [-0.1, -0.05) is 18.2 Å². The maximum absolute atomic E-state index is 12.9. The van der Waals surface area contributed by atoms with Gasteiger partial charge in [-0.05, 0) is 48.7 Å². The number of carbonyl (C=O) groups is 1. The minimum Gasteiger partial charge on any atom is -0.315 e. The van der Waals surface area contributed by atoms with E-state index in [1.807, 2.05) is 13.0 Å². The Bertz CT molecular complexity index is 964. The third-order valence-electron chi connectivity index (χ3n) is 3.97. The summed E-state index contributed by atoms with van der Waals surface area (Å²) in [5.74, 6) is -0.169. The first-order valence-electron chi connectivity index (χ1n) is 8.26. The molecule has 0 saturated heterocycles. The average molecular weight is 351 g/mol. The molecule has 1 amide bonds. The van der Waals surface area contributed by atoms with Crippen molar-refractivity contribution in [1.29, 1.82) is 0 Å². The van der Waals surface area contributed by atoms with Gasteiger partial charge in [-0.25, -0.2) is 9.37 Å². The van der Waals surface area contributed by atoms with E-state index in [0.717, 1.165) is 11.1 Å². The van der Waals surface area contributed by atoms with Gasteiger partial charge in [0.2, 0.25) is 0 Å². The van der Waals surface area contributed by atoms with Gasteiger partial charge in [0.1, 0.15) is 11.6 Å². The molecule has 0 radical (unpaired) electrons. The first kappa shape index (κ1) is 17.5. The van der Waals surface area contributed by atoms with E-state index in [1.165, 1.54) is 35.0 Å². The molecule has 3 aromatic rings. The van der Waals surface area contributed by atoms with Gasteiger partial charge in [-0.2, -0.15) is 0 Å². The van der Waals surface area contributed by atoms with Crippen LogP contribution < -0.4 is 10.9 Å². The third-order valence-corrected chi connectivity index (χ3v) is 3.97. The summed E-state index contributed by atoms with van der Waals surface area (Å²) >= 11 is 0. The van der Waals surface area contributed by atoms with Crippen molar-refractivity contribution in [2.75, 3.05) is 5.32 Å². The van der Waals surface area contributed by atoms with Crippen LogP contribution in [0.1, 0.15) is 28.4 Å². The Morgan fingerprint density at radius 1 is 1.08 bits per heavy atom. The highest BCUT2D eigenvalue weighted by Crippen LogP contribution is 2.12. The Labute approximate surface area is 150 Å². The number of nitrogens with zero attached hydrogens (tertiary/aromatic N) is 2. The number of hydrogen-bond donors (Lipinski definition) is 1. The highest BCUT2D eigenvalue weighted by Gasteiger charge is 2.08. The molecule has 2 heterocycles.